The standard InChI is InChI=1S/C19H20N3O5.HI/c1-12-19(2,3)17-10-16(27-4)5-6-18(17)20(12)11-13-7-14(21(23)24)9-15(8-13)22(25)26;/h5-10H,11H2,1-4H3;1H/q+1;/p-1. The van der Waals surface area contributed by atoms with E-state index in [9.17, 15) is 20.2 Å². The molecular formula is C19H20IN3O5. The molecule has 2 aromatic carbocycles. The van der Waals surface area contributed by atoms with Gasteiger partial charge in [-0.05, 0) is 26.0 Å². The molecule has 28 heavy (non-hydrogen) atoms. The Balaban J connectivity index is 0.00000280. The molecule has 8 nitrogen and oxygen atoms in total. The first-order valence-electron chi connectivity index (χ1n) is 8.38. The van der Waals surface area contributed by atoms with Gasteiger partial charge in [0.25, 0.3) is 11.4 Å². The Morgan fingerprint density at radius 2 is 1.61 bits per heavy atom. The number of halogens is 1. The Morgan fingerprint density at radius 3 is 2.11 bits per heavy atom. The minimum atomic E-state index is -0.611. The lowest BCUT2D eigenvalue weighted by Crippen LogP contribution is -3.00. The number of benzene rings is 2. The molecule has 0 bridgehead atoms. The molecule has 0 atom stereocenters. The van der Waals surface area contributed by atoms with Gasteiger partial charge in [0.05, 0.1) is 28.4 Å². The summed E-state index contributed by atoms with van der Waals surface area (Å²) in [7, 11) is 1.61. The number of nitrogens with zero attached hydrogens (tertiary/aromatic N) is 3. The van der Waals surface area contributed by atoms with Crippen molar-refractivity contribution >= 4 is 22.8 Å². The molecule has 0 radical (unpaired) electrons. The second-order valence-electron chi connectivity index (χ2n) is 7.05. The molecule has 0 saturated heterocycles. The van der Waals surface area contributed by atoms with Crippen molar-refractivity contribution in [1.82, 2.24) is 0 Å². The van der Waals surface area contributed by atoms with Crippen molar-refractivity contribution < 1.29 is 43.1 Å². The number of methoxy groups -OCH3 is 1. The maximum Gasteiger partial charge on any atom is 0.276 e. The quantitative estimate of drug-likeness (QED) is 0.267. The third-order valence-corrected chi connectivity index (χ3v) is 5.20. The molecule has 0 saturated carbocycles. The number of hydrogen-bond acceptors (Lipinski definition) is 5. The number of nitro groups is 2. The van der Waals surface area contributed by atoms with Crippen molar-refractivity contribution in [1.29, 1.82) is 0 Å². The zero-order valence-electron chi connectivity index (χ0n) is 15.9. The highest BCUT2D eigenvalue weighted by Crippen LogP contribution is 2.42. The van der Waals surface area contributed by atoms with E-state index in [0.29, 0.717) is 12.1 Å². The van der Waals surface area contributed by atoms with Crippen LogP contribution in [-0.4, -0.2) is 27.2 Å². The van der Waals surface area contributed by atoms with Gasteiger partial charge in [0.15, 0.2) is 12.3 Å². The second-order valence-corrected chi connectivity index (χ2v) is 7.05. The number of ether oxygens (including phenoxy) is 1. The normalized spacial score (nSPS) is 14.3. The lowest BCUT2D eigenvalue weighted by atomic mass is 9.82. The second kappa shape index (κ2) is 7.82. The van der Waals surface area contributed by atoms with Crippen LogP contribution < -0.4 is 28.7 Å². The first-order valence-corrected chi connectivity index (χ1v) is 8.38. The smallest absolute Gasteiger partial charge is 0.276 e. The minimum absolute atomic E-state index is 0. The van der Waals surface area contributed by atoms with Crippen LogP contribution in [0.1, 0.15) is 31.9 Å². The van der Waals surface area contributed by atoms with E-state index < -0.39 is 9.85 Å². The van der Waals surface area contributed by atoms with Crippen molar-refractivity contribution in [3.05, 3.63) is 67.8 Å². The van der Waals surface area contributed by atoms with Gasteiger partial charge in [0.1, 0.15) is 5.75 Å². The zero-order valence-corrected chi connectivity index (χ0v) is 18.1. The summed E-state index contributed by atoms with van der Waals surface area (Å²) in [6.45, 7) is 6.49. The van der Waals surface area contributed by atoms with Crippen LogP contribution in [0.2, 0.25) is 0 Å². The molecule has 1 heterocycles. The average Bonchev–Trinajstić information content (AvgIpc) is 2.81. The SMILES string of the molecule is COc1ccc2c(c1)C(C)(C)C(C)=[N+]2Cc1cc([N+](=O)[O-])cc([N+](=O)[O-])c1.[I-]. The van der Waals surface area contributed by atoms with Crippen molar-refractivity contribution in [2.75, 3.05) is 7.11 Å². The van der Waals surface area contributed by atoms with Crippen molar-refractivity contribution in [2.24, 2.45) is 0 Å². The number of rotatable bonds is 5. The average molecular weight is 497 g/mol. The predicted molar refractivity (Wildman–Crippen MR) is 100 cm³/mol. The largest absolute Gasteiger partial charge is 1.00 e. The van der Waals surface area contributed by atoms with Crippen LogP contribution in [0.3, 0.4) is 0 Å². The number of hydrogen-bond donors (Lipinski definition) is 0. The summed E-state index contributed by atoms with van der Waals surface area (Å²) in [5.41, 5.74) is 2.79. The van der Waals surface area contributed by atoms with Gasteiger partial charge in [-0.15, -0.1) is 0 Å². The Hall–Kier alpha value is -2.56. The van der Waals surface area contributed by atoms with E-state index >= 15 is 0 Å². The summed E-state index contributed by atoms with van der Waals surface area (Å²) >= 11 is 0. The van der Waals surface area contributed by atoms with Crippen LogP contribution in [0.15, 0.2) is 36.4 Å². The van der Waals surface area contributed by atoms with Crippen molar-refractivity contribution in [3.8, 4) is 5.75 Å². The van der Waals surface area contributed by atoms with Gasteiger partial charge in [0, 0.05) is 36.2 Å². The van der Waals surface area contributed by atoms with E-state index in [-0.39, 0.29) is 40.8 Å². The third-order valence-electron chi connectivity index (χ3n) is 5.20. The van der Waals surface area contributed by atoms with E-state index in [1.165, 1.54) is 12.1 Å². The van der Waals surface area contributed by atoms with Gasteiger partial charge in [-0.3, -0.25) is 20.2 Å². The molecule has 1 aliphatic rings. The predicted octanol–water partition coefficient (Wildman–Crippen LogP) is 1.11. The fourth-order valence-electron chi connectivity index (χ4n) is 3.44. The number of non-ortho nitro benzene ring substituents is 2. The third kappa shape index (κ3) is 3.71. The molecule has 0 fully saturated rings. The molecule has 3 rings (SSSR count). The maximum absolute atomic E-state index is 11.2. The molecule has 0 aliphatic carbocycles. The molecular weight excluding hydrogens is 477 g/mol. The van der Waals surface area contributed by atoms with E-state index in [2.05, 4.69) is 13.8 Å². The van der Waals surface area contributed by atoms with E-state index in [1.54, 1.807) is 7.11 Å². The van der Waals surface area contributed by atoms with E-state index in [0.717, 1.165) is 28.8 Å². The van der Waals surface area contributed by atoms with Gasteiger partial charge in [-0.1, -0.05) is 0 Å². The fourth-order valence-corrected chi connectivity index (χ4v) is 3.44. The van der Waals surface area contributed by atoms with Crippen LogP contribution in [0.5, 0.6) is 5.75 Å². The molecule has 148 valence electrons. The summed E-state index contributed by atoms with van der Waals surface area (Å²) < 4.78 is 7.37. The Morgan fingerprint density at radius 1 is 1.04 bits per heavy atom. The molecule has 0 spiro atoms. The molecule has 0 N–H and O–H groups in total. The molecule has 9 heteroatoms. The highest BCUT2D eigenvalue weighted by atomic mass is 127. The van der Waals surface area contributed by atoms with Gasteiger partial charge >= 0.3 is 0 Å². The summed E-state index contributed by atoms with van der Waals surface area (Å²) in [6, 6.07) is 9.53. The lowest BCUT2D eigenvalue weighted by Gasteiger charge is -2.15. The first-order chi connectivity index (χ1) is 12.6. The van der Waals surface area contributed by atoms with Gasteiger partial charge in [0.2, 0.25) is 5.69 Å². The topological polar surface area (TPSA) is 98.5 Å². The lowest BCUT2D eigenvalue weighted by molar-refractivity contribution is -0.456. The summed E-state index contributed by atoms with van der Waals surface area (Å²) in [5.74, 6) is 0.752. The minimum Gasteiger partial charge on any atom is -1.00 e. The summed E-state index contributed by atoms with van der Waals surface area (Å²) in [6.07, 6.45) is 0. The molecule has 0 amide bonds. The van der Waals surface area contributed by atoms with Gasteiger partial charge in [-0.2, -0.15) is 4.58 Å². The van der Waals surface area contributed by atoms with Crippen molar-refractivity contribution in [3.63, 3.8) is 0 Å². The molecule has 0 unspecified atom stereocenters. The Kier molecular flexibility index (Phi) is 6.07. The molecule has 0 aromatic heterocycles. The van der Waals surface area contributed by atoms with E-state index in [4.69, 9.17) is 4.74 Å². The molecule has 1 aliphatic heterocycles. The molecule has 2 aromatic rings. The van der Waals surface area contributed by atoms with Crippen LogP contribution in [0.4, 0.5) is 17.1 Å². The first kappa shape index (κ1) is 21.7. The zero-order chi connectivity index (χ0) is 19.9. The van der Waals surface area contributed by atoms with Gasteiger partial charge in [-0.25, -0.2) is 0 Å². The van der Waals surface area contributed by atoms with Gasteiger partial charge < -0.3 is 28.7 Å². The maximum atomic E-state index is 11.2. The van der Waals surface area contributed by atoms with Crippen LogP contribution in [0, 0.1) is 20.2 Å². The van der Waals surface area contributed by atoms with Crippen LogP contribution in [-0.2, 0) is 12.0 Å². The van der Waals surface area contributed by atoms with Crippen molar-refractivity contribution in [2.45, 2.75) is 32.7 Å². The highest BCUT2D eigenvalue weighted by molar-refractivity contribution is 5.93. The van der Waals surface area contributed by atoms with E-state index in [1.807, 2.05) is 29.7 Å². The van der Waals surface area contributed by atoms with Crippen LogP contribution in [0.25, 0.3) is 0 Å². The fraction of sp³-hybridized carbons (Fsp3) is 0.316. The Labute approximate surface area is 179 Å². The highest BCUT2D eigenvalue weighted by Gasteiger charge is 2.43. The number of nitro benzene ring substituents is 2. The number of fused-ring (bicyclic) bond motifs is 1. The summed E-state index contributed by atoms with van der Waals surface area (Å²) in [5, 5.41) is 22.3. The summed E-state index contributed by atoms with van der Waals surface area (Å²) in [4.78, 5) is 21.1. The monoisotopic (exact) mass is 497 g/mol. The van der Waals surface area contributed by atoms with Crippen LogP contribution >= 0.6 is 0 Å². The Bertz CT molecular complexity index is 969.